The van der Waals surface area contributed by atoms with Gasteiger partial charge in [0.2, 0.25) is 5.91 Å². The average Bonchev–Trinajstić information content (AvgIpc) is 2.95. The summed E-state index contributed by atoms with van der Waals surface area (Å²) in [5.74, 6) is -0.505. The van der Waals surface area contributed by atoms with Crippen molar-refractivity contribution in [1.29, 1.82) is 0 Å². The second kappa shape index (κ2) is 3.59. The molecule has 1 fully saturated rings. The molecule has 0 atom stereocenters. The quantitative estimate of drug-likeness (QED) is 0.499. The summed E-state index contributed by atoms with van der Waals surface area (Å²) in [5.41, 5.74) is -0.853. The molecule has 0 aromatic carbocycles. The van der Waals surface area contributed by atoms with Gasteiger partial charge in [-0.25, -0.2) is 0 Å². The van der Waals surface area contributed by atoms with E-state index in [1.165, 1.54) is 7.11 Å². The minimum absolute atomic E-state index is 0.112. The SMILES string of the molecule is COC(=O)C1(C(=O)N(C)C(C)C)CC1. The van der Waals surface area contributed by atoms with E-state index in [4.69, 9.17) is 0 Å². The zero-order valence-electron chi connectivity index (χ0n) is 9.16. The Morgan fingerprint density at radius 1 is 1.36 bits per heavy atom. The third-order valence-electron chi connectivity index (χ3n) is 2.83. The highest BCUT2D eigenvalue weighted by Crippen LogP contribution is 2.48. The van der Waals surface area contributed by atoms with Crippen LogP contribution in [-0.4, -0.2) is 37.0 Å². The summed E-state index contributed by atoms with van der Waals surface area (Å²) in [6.45, 7) is 3.84. The van der Waals surface area contributed by atoms with E-state index >= 15 is 0 Å². The molecule has 1 amide bonds. The second-order valence-corrected chi connectivity index (χ2v) is 4.08. The van der Waals surface area contributed by atoms with Crippen LogP contribution in [0.15, 0.2) is 0 Å². The summed E-state index contributed by atoms with van der Waals surface area (Å²) < 4.78 is 4.64. The van der Waals surface area contributed by atoms with Crippen molar-refractivity contribution in [2.24, 2.45) is 5.41 Å². The van der Waals surface area contributed by atoms with Crippen molar-refractivity contribution in [3.05, 3.63) is 0 Å². The van der Waals surface area contributed by atoms with Gasteiger partial charge in [0.15, 0.2) is 0 Å². The lowest BCUT2D eigenvalue weighted by Crippen LogP contribution is -2.42. The lowest BCUT2D eigenvalue weighted by atomic mass is 10.1. The Kier molecular flexibility index (Phi) is 2.83. The summed E-state index contributed by atoms with van der Waals surface area (Å²) >= 11 is 0. The number of methoxy groups -OCH3 is 1. The van der Waals surface area contributed by atoms with Crippen LogP contribution < -0.4 is 0 Å². The fourth-order valence-electron chi connectivity index (χ4n) is 1.40. The third-order valence-corrected chi connectivity index (χ3v) is 2.83. The average molecular weight is 199 g/mol. The summed E-state index contributed by atoms with van der Waals surface area (Å²) in [4.78, 5) is 24.9. The van der Waals surface area contributed by atoms with E-state index in [0.29, 0.717) is 12.8 Å². The molecule has 0 spiro atoms. The smallest absolute Gasteiger partial charge is 0.321 e. The van der Waals surface area contributed by atoms with E-state index in [-0.39, 0.29) is 11.9 Å². The Bertz CT molecular complexity index is 256. The molecule has 1 saturated carbocycles. The zero-order valence-corrected chi connectivity index (χ0v) is 9.16. The van der Waals surface area contributed by atoms with Crippen molar-refractivity contribution < 1.29 is 14.3 Å². The maximum Gasteiger partial charge on any atom is 0.321 e. The molecule has 0 radical (unpaired) electrons. The Morgan fingerprint density at radius 3 is 2.14 bits per heavy atom. The van der Waals surface area contributed by atoms with Crippen molar-refractivity contribution in [2.45, 2.75) is 32.7 Å². The molecule has 0 N–H and O–H groups in total. The fourth-order valence-corrected chi connectivity index (χ4v) is 1.40. The Morgan fingerprint density at radius 2 is 1.86 bits per heavy atom. The molecular weight excluding hydrogens is 182 g/mol. The largest absolute Gasteiger partial charge is 0.468 e. The number of nitrogens with zero attached hydrogens (tertiary/aromatic N) is 1. The van der Waals surface area contributed by atoms with Gasteiger partial charge >= 0.3 is 5.97 Å². The van der Waals surface area contributed by atoms with E-state index in [1.807, 2.05) is 13.8 Å². The predicted molar refractivity (Wildman–Crippen MR) is 51.6 cm³/mol. The lowest BCUT2D eigenvalue weighted by Gasteiger charge is -2.25. The summed E-state index contributed by atoms with van der Waals surface area (Å²) in [6, 6.07) is 0.115. The number of amides is 1. The molecule has 1 aliphatic rings. The minimum atomic E-state index is -0.853. The molecule has 0 heterocycles. The topological polar surface area (TPSA) is 46.6 Å². The number of ether oxygens (including phenoxy) is 1. The van der Waals surface area contributed by atoms with Gasteiger partial charge in [-0.3, -0.25) is 9.59 Å². The molecule has 0 saturated heterocycles. The molecule has 0 aromatic heterocycles. The first kappa shape index (κ1) is 11.0. The molecule has 80 valence electrons. The minimum Gasteiger partial charge on any atom is -0.468 e. The van der Waals surface area contributed by atoms with E-state index in [0.717, 1.165) is 0 Å². The normalized spacial score (nSPS) is 17.8. The van der Waals surface area contributed by atoms with Crippen LogP contribution >= 0.6 is 0 Å². The van der Waals surface area contributed by atoms with Crippen molar-refractivity contribution in [1.82, 2.24) is 4.90 Å². The second-order valence-electron chi connectivity index (χ2n) is 4.08. The van der Waals surface area contributed by atoms with Gasteiger partial charge in [0.05, 0.1) is 7.11 Å². The lowest BCUT2D eigenvalue weighted by molar-refractivity contribution is -0.156. The third kappa shape index (κ3) is 1.61. The van der Waals surface area contributed by atoms with Gasteiger partial charge in [0, 0.05) is 13.1 Å². The first-order valence-electron chi connectivity index (χ1n) is 4.81. The Labute approximate surface area is 84.2 Å². The van der Waals surface area contributed by atoms with Crippen LogP contribution in [0.1, 0.15) is 26.7 Å². The molecule has 0 unspecified atom stereocenters. The van der Waals surface area contributed by atoms with Crippen LogP contribution in [0.3, 0.4) is 0 Å². The van der Waals surface area contributed by atoms with Crippen LogP contribution in [0.4, 0.5) is 0 Å². The first-order valence-corrected chi connectivity index (χ1v) is 4.81. The van der Waals surface area contributed by atoms with Gasteiger partial charge in [0.25, 0.3) is 0 Å². The first-order chi connectivity index (χ1) is 6.45. The number of esters is 1. The number of rotatable bonds is 3. The van der Waals surface area contributed by atoms with E-state index < -0.39 is 11.4 Å². The standard InChI is InChI=1S/C10H17NO3/c1-7(2)11(3)8(12)10(5-6-10)9(13)14-4/h7H,5-6H2,1-4H3. The van der Waals surface area contributed by atoms with Crippen molar-refractivity contribution in [3.8, 4) is 0 Å². The maximum absolute atomic E-state index is 11.9. The van der Waals surface area contributed by atoms with E-state index in [9.17, 15) is 9.59 Å². The van der Waals surface area contributed by atoms with Crippen LogP contribution in [0.5, 0.6) is 0 Å². The maximum atomic E-state index is 11.9. The van der Waals surface area contributed by atoms with Gasteiger partial charge in [-0.2, -0.15) is 0 Å². The summed E-state index contributed by atoms with van der Waals surface area (Å²) in [5, 5.41) is 0. The fraction of sp³-hybridized carbons (Fsp3) is 0.800. The summed E-state index contributed by atoms with van der Waals surface area (Å²) in [6.07, 6.45) is 1.24. The molecule has 0 aliphatic heterocycles. The van der Waals surface area contributed by atoms with E-state index in [2.05, 4.69) is 4.74 Å². The number of hydrogen-bond donors (Lipinski definition) is 0. The Hall–Kier alpha value is -1.06. The van der Waals surface area contributed by atoms with Crippen LogP contribution in [0.25, 0.3) is 0 Å². The van der Waals surface area contributed by atoms with Crippen LogP contribution in [-0.2, 0) is 14.3 Å². The monoisotopic (exact) mass is 199 g/mol. The van der Waals surface area contributed by atoms with Gasteiger partial charge < -0.3 is 9.64 Å². The molecule has 4 heteroatoms. The molecule has 1 aliphatic carbocycles. The highest BCUT2D eigenvalue weighted by atomic mass is 16.5. The van der Waals surface area contributed by atoms with Crippen LogP contribution in [0, 0.1) is 5.41 Å². The highest BCUT2D eigenvalue weighted by Gasteiger charge is 2.59. The van der Waals surface area contributed by atoms with Gasteiger partial charge in [-0.1, -0.05) is 0 Å². The van der Waals surface area contributed by atoms with Gasteiger partial charge in [-0.15, -0.1) is 0 Å². The van der Waals surface area contributed by atoms with Gasteiger partial charge in [0.1, 0.15) is 5.41 Å². The zero-order chi connectivity index (χ0) is 10.9. The molecule has 0 bridgehead atoms. The molecule has 4 nitrogen and oxygen atoms in total. The highest BCUT2D eigenvalue weighted by molar-refractivity contribution is 6.05. The molecule has 14 heavy (non-hydrogen) atoms. The van der Waals surface area contributed by atoms with Crippen molar-refractivity contribution >= 4 is 11.9 Å². The molecule has 1 rings (SSSR count). The molecular formula is C10H17NO3. The number of carbonyl (C=O) groups excluding carboxylic acids is 2. The van der Waals surface area contributed by atoms with Crippen molar-refractivity contribution in [3.63, 3.8) is 0 Å². The number of carbonyl (C=O) groups is 2. The predicted octanol–water partition coefficient (Wildman–Crippen LogP) is 0.806. The summed E-state index contributed by atoms with van der Waals surface area (Å²) in [7, 11) is 3.04. The number of hydrogen-bond acceptors (Lipinski definition) is 3. The van der Waals surface area contributed by atoms with Crippen LogP contribution in [0.2, 0.25) is 0 Å². The Balaban J connectivity index is 2.74. The van der Waals surface area contributed by atoms with E-state index in [1.54, 1.807) is 11.9 Å². The van der Waals surface area contributed by atoms with Gasteiger partial charge in [-0.05, 0) is 26.7 Å². The van der Waals surface area contributed by atoms with Crippen molar-refractivity contribution in [2.75, 3.05) is 14.2 Å². The molecule has 0 aromatic rings.